The molecule has 0 saturated carbocycles. The first-order valence-electron chi connectivity index (χ1n) is 10.6. The summed E-state index contributed by atoms with van der Waals surface area (Å²) in [5, 5.41) is 9.98. The molecular formula is C26H29ClN4OS. The second-order valence-electron chi connectivity index (χ2n) is 7.97. The zero-order valence-electron chi connectivity index (χ0n) is 19.8. The summed E-state index contributed by atoms with van der Waals surface area (Å²) in [6.07, 6.45) is 3.56. The van der Waals surface area contributed by atoms with Gasteiger partial charge in [0.2, 0.25) is 0 Å². The van der Waals surface area contributed by atoms with Crippen LogP contribution in [0.4, 0.5) is 0 Å². The summed E-state index contributed by atoms with van der Waals surface area (Å²) in [7, 11) is 1.67. The van der Waals surface area contributed by atoms with Gasteiger partial charge in [-0.15, -0.1) is 22.6 Å². The van der Waals surface area contributed by atoms with E-state index in [-0.39, 0.29) is 12.4 Å². The molecule has 0 spiro atoms. The van der Waals surface area contributed by atoms with Crippen molar-refractivity contribution in [3.63, 3.8) is 0 Å². The van der Waals surface area contributed by atoms with Crippen molar-refractivity contribution in [3.05, 3.63) is 82.2 Å². The number of hydrogen-bond donors (Lipinski definition) is 0. The molecule has 33 heavy (non-hydrogen) atoms. The molecule has 2 aromatic carbocycles. The molecule has 0 radical (unpaired) electrons. The van der Waals surface area contributed by atoms with E-state index in [1.54, 1.807) is 31.3 Å². The van der Waals surface area contributed by atoms with E-state index < -0.39 is 0 Å². The van der Waals surface area contributed by atoms with Crippen molar-refractivity contribution >= 4 is 24.2 Å². The van der Waals surface area contributed by atoms with Gasteiger partial charge >= 0.3 is 0 Å². The largest absolute Gasteiger partial charge is 0.497 e. The Labute approximate surface area is 206 Å². The molecule has 0 saturated heterocycles. The minimum atomic E-state index is 0. The first-order valence-corrected chi connectivity index (χ1v) is 11.6. The summed E-state index contributed by atoms with van der Waals surface area (Å²) in [5.74, 6) is 2.45. The van der Waals surface area contributed by atoms with Crippen molar-refractivity contribution < 1.29 is 4.74 Å². The van der Waals surface area contributed by atoms with Crippen LogP contribution in [0.1, 0.15) is 33.4 Å². The third-order valence-electron chi connectivity index (χ3n) is 6.40. The van der Waals surface area contributed by atoms with E-state index in [4.69, 9.17) is 4.74 Å². The monoisotopic (exact) mass is 480 g/mol. The summed E-state index contributed by atoms with van der Waals surface area (Å²) in [6, 6.07) is 11.9. The molecule has 7 heteroatoms. The quantitative estimate of drug-likeness (QED) is 0.291. The maximum Gasteiger partial charge on any atom is 0.196 e. The lowest BCUT2D eigenvalue weighted by Crippen LogP contribution is -2.03. The molecule has 0 aliphatic rings. The second-order valence-corrected chi connectivity index (χ2v) is 8.91. The van der Waals surface area contributed by atoms with E-state index >= 15 is 0 Å². The molecule has 172 valence electrons. The van der Waals surface area contributed by atoms with Gasteiger partial charge in [0.05, 0.1) is 7.11 Å². The molecule has 0 atom stereocenters. The van der Waals surface area contributed by atoms with Crippen molar-refractivity contribution in [1.82, 2.24) is 19.7 Å². The number of methoxy groups -OCH3 is 1. The van der Waals surface area contributed by atoms with E-state index in [1.807, 2.05) is 36.4 Å². The first kappa shape index (κ1) is 24.8. The molecule has 0 unspecified atom stereocenters. The average Bonchev–Trinajstić information content (AvgIpc) is 3.26. The van der Waals surface area contributed by atoms with Crippen molar-refractivity contribution in [2.75, 3.05) is 7.11 Å². The van der Waals surface area contributed by atoms with Crippen molar-refractivity contribution in [2.24, 2.45) is 0 Å². The van der Waals surface area contributed by atoms with Gasteiger partial charge in [0.1, 0.15) is 5.75 Å². The Hall–Kier alpha value is -2.83. The predicted molar refractivity (Wildman–Crippen MR) is 138 cm³/mol. The maximum atomic E-state index is 5.34. The smallest absolute Gasteiger partial charge is 0.196 e. The van der Waals surface area contributed by atoms with Gasteiger partial charge in [-0.3, -0.25) is 9.55 Å². The summed E-state index contributed by atoms with van der Waals surface area (Å²) >= 11 is 1.71. The third kappa shape index (κ3) is 4.77. The van der Waals surface area contributed by atoms with Gasteiger partial charge in [-0.2, -0.15) is 0 Å². The molecule has 0 aliphatic carbocycles. The average molecular weight is 481 g/mol. The highest BCUT2D eigenvalue weighted by atomic mass is 35.5. The van der Waals surface area contributed by atoms with E-state index in [2.05, 4.69) is 54.4 Å². The van der Waals surface area contributed by atoms with E-state index in [0.717, 1.165) is 33.7 Å². The Morgan fingerprint density at radius 2 is 1.36 bits per heavy atom. The summed E-state index contributed by atoms with van der Waals surface area (Å²) in [6.45, 7) is 11.1. The molecule has 0 N–H and O–H groups in total. The minimum Gasteiger partial charge on any atom is -0.497 e. The number of rotatable bonds is 6. The van der Waals surface area contributed by atoms with Crippen LogP contribution < -0.4 is 4.74 Å². The number of hydrogen-bond acceptors (Lipinski definition) is 5. The lowest BCUT2D eigenvalue weighted by molar-refractivity contribution is 0.414. The Morgan fingerprint density at radius 3 is 1.94 bits per heavy atom. The first-order chi connectivity index (χ1) is 15.4. The molecule has 0 amide bonds. The summed E-state index contributed by atoms with van der Waals surface area (Å²) < 4.78 is 7.45. The molecule has 0 fully saturated rings. The normalized spacial score (nSPS) is 10.7. The van der Waals surface area contributed by atoms with Crippen LogP contribution in [-0.2, 0) is 5.75 Å². The summed E-state index contributed by atoms with van der Waals surface area (Å²) in [5.41, 5.74) is 10.2. The van der Waals surface area contributed by atoms with E-state index in [9.17, 15) is 0 Å². The fourth-order valence-corrected chi connectivity index (χ4v) is 5.07. The van der Waals surface area contributed by atoms with Crippen molar-refractivity contribution in [3.8, 4) is 22.8 Å². The van der Waals surface area contributed by atoms with Gasteiger partial charge in [0.15, 0.2) is 11.0 Å². The number of ether oxygens (including phenoxy) is 1. The number of aromatic nitrogens is 4. The van der Waals surface area contributed by atoms with Crippen LogP contribution >= 0.6 is 24.2 Å². The van der Waals surface area contributed by atoms with E-state index in [0.29, 0.717) is 0 Å². The highest BCUT2D eigenvalue weighted by Gasteiger charge is 2.18. The molecule has 2 heterocycles. The lowest BCUT2D eigenvalue weighted by Gasteiger charge is -2.18. The number of nitrogens with zero attached hydrogens (tertiary/aromatic N) is 4. The number of halogens is 1. The van der Waals surface area contributed by atoms with Gasteiger partial charge in [0.25, 0.3) is 0 Å². The molecule has 5 nitrogen and oxygen atoms in total. The maximum absolute atomic E-state index is 5.34. The number of thioether (sulfide) groups is 1. The Balaban J connectivity index is 0.00000306. The van der Waals surface area contributed by atoms with Crippen molar-refractivity contribution in [1.29, 1.82) is 0 Å². The fourth-order valence-electron chi connectivity index (χ4n) is 3.95. The van der Waals surface area contributed by atoms with Crippen molar-refractivity contribution in [2.45, 2.75) is 45.5 Å². The van der Waals surface area contributed by atoms with Crippen LogP contribution in [0.5, 0.6) is 5.75 Å². The highest BCUT2D eigenvalue weighted by molar-refractivity contribution is 7.98. The SMILES string of the molecule is COc1ccc(-n2c(SCc3c(C)c(C)c(C)c(C)c3C)nnc2-c2ccncc2)cc1.Cl. The van der Waals surface area contributed by atoms with Gasteiger partial charge in [-0.1, -0.05) is 11.8 Å². The standard InChI is InChI=1S/C26H28N4OS.ClH/c1-16-17(2)19(4)24(20(5)18(16)3)15-32-26-29-28-25(21-11-13-27-14-12-21)30(26)22-7-9-23(31-6)10-8-22;/h7-14H,15H2,1-6H3;1H. The summed E-state index contributed by atoms with van der Waals surface area (Å²) in [4.78, 5) is 4.14. The third-order valence-corrected chi connectivity index (χ3v) is 7.36. The van der Waals surface area contributed by atoms with E-state index in [1.165, 1.54) is 33.4 Å². The van der Waals surface area contributed by atoms with Crippen LogP contribution in [0.3, 0.4) is 0 Å². The van der Waals surface area contributed by atoms with Gasteiger partial charge in [-0.25, -0.2) is 0 Å². The molecule has 2 aromatic heterocycles. The van der Waals surface area contributed by atoms with Gasteiger partial charge in [0, 0.05) is 29.4 Å². The van der Waals surface area contributed by atoms with Crippen LogP contribution in [0.25, 0.3) is 17.1 Å². The van der Waals surface area contributed by atoms with Gasteiger partial charge in [-0.05, 0) is 104 Å². The minimum absolute atomic E-state index is 0. The molecular weight excluding hydrogens is 452 g/mol. The molecule has 0 bridgehead atoms. The topological polar surface area (TPSA) is 52.8 Å². The lowest BCUT2D eigenvalue weighted by atomic mass is 9.90. The number of pyridine rings is 1. The predicted octanol–water partition coefficient (Wildman–Crippen LogP) is 6.59. The highest BCUT2D eigenvalue weighted by Crippen LogP contribution is 2.34. The van der Waals surface area contributed by atoms with Crippen LogP contribution in [0, 0.1) is 34.6 Å². The number of benzene rings is 2. The zero-order chi connectivity index (χ0) is 22.8. The zero-order valence-corrected chi connectivity index (χ0v) is 21.5. The fraction of sp³-hybridized carbons (Fsp3) is 0.269. The van der Waals surface area contributed by atoms with Crippen LogP contribution in [-0.4, -0.2) is 26.9 Å². The van der Waals surface area contributed by atoms with Crippen LogP contribution in [0.2, 0.25) is 0 Å². The molecule has 0 aliphatic heterocycles. The molecule has 4 rings (SSSR count). The van der Waals surface area contributed by atoms with Crippen LogP contribution in [0.15, 0.2) is 53.9 Å². The Kier molecular flexibility index (Phi) is 7.82. The Bertz CT molecular complexity index is 1220. The second kappa shape index (κ2) is 10.4. The Morgan fingerprint density at radius 1 is 0.788 bits per heavy atom. The molecule has 4 aromatic rings. The van der Waals surface area contributed by atoms with Gasteiger partial charge < -0.3 is 4.74 Å².